The van der Waals surface area contributed by atoms with Gasteiger partial charge in [0.25, 0.3) is 0 Å². The first kappa shape index (κ1) is 21.7. The van der Waals surface area contributed by atoms with Gasteiger partial charge in [-0.05, 0) is 0 Å². The normalized spacial score (nSPS) is 12.0. The molecule has 0 fully saturated rings. The summed E-state index contributed by atoms with van der Waals surface area (Å²) in [6.45, 7) is 6.37. The summed E-state index contributed by atoms with van der Waals surface area (Å²) in [5, 5.41) is 0. The molecule has 0 atom stereocenters. The molecule has 0 rings (SSSR count). The Morgan fingerprint density at radius 3 is 1.24 bits per heavy atom. The number of rotatable bonds is 16. The van der Waals surface area contributed by atoms with Crippen molar-refractivity contribution >= 4 is 19.2 Å². The Morgan fingerprint density at radius 2 is 0.857 bits per heavy atom. The number of hydrogen-bond acceptors (Lipinski definition) is 2. The summed E-state index contributed by atoms with van der Waals surface area (Å²) in [5.41, 5.74) is 0. The van der Waals surface area contributed by atoms with Crippen LogP contribution in [0.15, 0.2) is 0 Å². The predicted octanol–water partition coefficient (Wildman–Crippen LogP) is 6.44. The first-order valence-electron chi connectivity index (χ1n) is 9.40. The Bertz CT molecular complexity index is 187. The first-order valence-corrected chi connectivity index (χ1v) is 17.4. The van der Waals surface area contributed by atoms with Gasteiger partial charge < -0.3 is 0 Å². The second-order valence-corrected chi connectivity index (χ2v) is 16.3. The van der Waals surface area contributed by atoms with E-state index in [-0.39, 0.29) is 0 Å². The van der Waals surface area contributed by atoms with E-state index < -0.39 is 19.2 Å². The summed E-state index contributed by atoms with van der Waals surface area (Å²) in [7, 11) is 0. The van der Waals surface area contributed by atoms with Gasteiger partial charge in [-0.15, -0.1) is 0 Å². The molecule has 128 valence electrons. The summed E-state index contributed by atoms with van der Waals surface area (Å²) < 4.78 is 12.1. The molecule has 0 unspecified atom stereocenters. The number of unbranched alkanes of at least 4 members (excludes halogenated alkanes) is 10. The molecule has 0 aromatic heterocycles. The van der Waals surface area contributed by atoms with Gasteiger partial charge in [-0.25, -0.2) is 0 Å². The second-order valence-electron chi connectivity index (χ2n) is 6.63. The Labute approximate surface area is 139 Å². The molecule has 0 N–H and O–H groups in total. The van der Waals surface area contributed by atoms with Gasteiger partial charge in [-0.2, -0.15) is 0 Å². The van der Waals surface area contributed by atoms with Crippen LogP contribution in [0.1, 0.15) is 90.9 Å². The van der Waals surface area contributed by atoms with E-state index in [1.165, 1.54) is 77.0 Å². The van der Waals surface area contributed by atoms with Gasteiger partial charge >= 0.3 is 139 Å². The van der Waals surface area contributed by atoms with Crippen LogP contribution in [0.4, 0.5) is 0 Å². The van der Waals surface area contributed by atoms with Crippen molar-refractivity contribution in [3.8, 4) is 0 Å². The topological polar surface area (TPSA) is 18.5 Å². The summed E-state index contributed by atoms with van der Waals surface area (Å²) in [6.07, 6.45) is 16.0. The Kier molecular flexibility index (Phi) is 16.1. The van der Waals surface area contributed by atoms with Gasteiger partial charge in [0.15, 0.2) is 0 Å². The Morgan fingerprint density at radius 1 is 0.524 bits per heavy atom. The van der Waals surface area contributed by atoms with Crippen molar-refractivity contribution < 1.29 is 6.15 Å². The summed E-state index contributed by atoms with van der Waals surface area (Å²) in [4.78, 5) is 4.51. The van der Waals surface area contributed by atoms with Crippen molar-refractivity contribution in [3.63, 3.8) is 0 Å². The van der Waals surface area contributed by atoms with Gasteiger partial charge in [0.1, 0.15) is 0 Å². The molecule has 0 aliphatic rings. The van der Waals surface area contributed by atoms with Crippen molar-refractivity contribution in [2.45, 2.75) is 101 Å². The van der Waals surface area contributed by atoms with Crippen molar-refractivity contribution in [1.82, 2.24) is 0 Å². The zero-order valence-electron chi connectivity index (χ0n) is 15.2. The van der Waals surface area contributed by atoms with E-state index in [0.29, 0.717) is 0 Å². The molecule has 0 heterocycles. The minimum atomic E-state index is -2.59. The third kappa shape index (κ3) is 16.9. The predicted molar refractivity (Wildman–Crippen MR) is 96.1 cm³/mol. The van der Waals surface area contributed by atoms with E-state index in [0.717, 1.165) is 13.2 Å². The molecule has 0 saturated heterocycles. The van der Waals surface area contributed by atoms with Crippen LogP contribution in [0.2, 0.25) is 9.88 Å². The molecule has 0 aromatic carbocycles. The first-order chi connectivity index (χ1) is 10.1. The molecule has 0 spiro atoms. The summed E-state index contributed by atoms with van der Waals surface area (Å²) in [5.74, 6) is 0. The van der Waals surface area contributed by atoms with Crippen LogP contribution in [0.25, 0.3) is 0 Å². The molecule has 21 heavy (non-hydrogen) atoms. The second kappa shape index (κ2) is 15.6. The standard InChI is InChI=1S/2C8H17O.2CH3.Sn/c2*1-2-3-4-5-6-7-8-9;;;/h2*2-8H2,1H3;2*1H3;/q2*-1;;;+2. The quantitative estimate of drug-likeness (QED) is 0.217. The Balaban J connectivity index is 3.35. The van der Waals surface area contributed by atoms with Gasteiger partial charge in [0, 0.05) is 0 Å². The maximum atomic E-state index is 6.07. The van der Waals surface area contributed by atoms with Crippen LogP contribution < -0.4 is 0 Å². The third-order valence-electron chi connectivity index (χ3n) is 3.90. The summed E-state index contributed by atoms with van der Waals surface area (Å²) >= 11 is -2.59. The molecule has 2 nitrogen and oxygen atoms in total. The van der Waals surface area contributed by atoms with Crippen LogP contribution in [0.3, 0.4) is 0 Å². The molecule has 0 aliphatic heterocycles. The van der Waals surface area contributed by atoms with E-state index in [2.05, 4.69) is 23.7 Å². The van der Waals surface area contributed by atoms with Crippen LogP contribution in [-0.4, -0.2) is 32.4 Å². The average Bonchev–Trinajstić information content (AvgIpc) is 2.45. The fraction of sp³-hybridized carbons (Fsp3) is 1.00. The summed E-state index contributed by atoms with van der Waals surface area (Å²) in [6, 6.07) is 0. The third-order valence-corrected chi connectivity index (χ3v) is 9.03. The van der Waals surface area contributed by atoms with Crippen molar-refractivity contribution in [2.24, 2.45) is 0 Å². The van der Waals surface area contributed by atoms with E-state index >= 15 is 0 Å². The van der Waals surface area contributed by atoms with Gasteiger partial charge in [-0.1, -0.05) is 0 Å². The monoisotopic (exact) mass is 408 g/mol. The van der Waals surface area contributed by atoms with Crippen LogP contribution in [-0.2, 0) is 6.15 Å². The van der Waals surface area contributed by atoms with Crippen LogP contribution in [0, 0.1) is 0 Å². The molecular weight excluding hydrogens is 367 g/mol. The molecular formula is C18H40O2Sn. The minimum absolute atomic E-state index is 0.922. The fourth-order valence-electron chi connectivity index (χ4n) is 2.44. The van der Waals surface area contributed by atoms with E-state index in [9.17, 15) is 0 Å². The number of hydrogen-bond donors (Lipinski definition) is 0. The molecule has 0 aliphatic carbocycles. The van der Waals surface area contributed by atoms with Crippen molar-refractivity contribution in [2.75, 3.05) is 13.2 Å². The average molecular weight is 407 g/mol. The zero-order valence-corrected chi connectivity index (χ0v) is 18.1. The zero-order chi connectivity index (χ0) is 15.8. The molecule has 0 amide bonds. The van der Waals surface area contributed by atoms with Crippen LogP contribution >= 0.6 is 0 Å². The van der Waals surface area contributed by atoms with E-state index in [1.807, 2.05) is 0 Å². The fourth-order valence-corrected chi connectivity index (χ4v) is 6.31. The maximum absolute atomic E-state index is 6.07. The SMILES string of the molecule is CCCCCCCC[O][Sn]([CH3])([CH3])[O]CCCCCCCC. The molecule has 0 bridgehead atoms. The van der Waals surface area contributed by atoms with Gasteiger partial charge in [0.2, 0.25) is 0 Å². The molecule has 0 radical (unpaired) electrons. The molecule has 0 aromatic rings. The van der Waals surface area contributed by atoms with Crippen molar-refractivity contribution in [1.29, 1.82) is 0 Å². The Hall–Kier alpha value is 0.719. The van der Waals surface area contributed by atoms with Gasteiger partial charge in [-0.3, -0.25) is 0 Å². The van der Waals surface area contributed by atoms with Crippen LogP contribution in [0.5, 0.6) is 0 Å². The van der Waals surface area contributed by atoms with E-state index in [4.69, 9.17) is 6.15 Å². The van der Waals surface area contributed by atoms with E-state index in [1.54, 1.807) is 0 Å². The molecule has 3 heteroatoms. The van der Waals surface area contributed by atoms with Crippen molar-refractivity contribution in [3.05, 3.63) is 0 Å². The molecule has 0 saturated carbocycles. The van der Waals surface area contributed by atoms with Gasteiger partial charge in [0.05, 0.1) is 0 Å².